The highest BCUT2D eigenvalue weighted by atomic mass is 35.5. The summed E-state index contributed by atoms with van der Waals surface area (Å²) in [4.78, 5) is 13.0. The maximum Gasteiger partial charge on any atom is 0.230 e. The standard InChI is InChI=1S/C18H22ClNO2S2/c1-13(2)22-15-5-3-14(4-6-15)9-10-20-18(21)12-23-11-16-7-8-17(19)24-16/h3-8,13H,9-12H2,1-2H3,(H,20,21). The average Bonchev–Trinajstić information content (AvgIpc) is 2.94. The molecular weight excluding hydrogens is 362 g/mol. The van der Waals surface area contributed by atoms with Crippen molar-refractivity contribution in [3.05, 3.63) is 51.2 Å². The molecule has 1 aromatic carbocycles. The molecule has 1 amide bonds. The van der Waals surface area contributed by atoms with Crippen LogP contribution in [0.2, 0.25) is 4.34 Å². The lowest BCUT2D eigenvalue weighted by atomic mass is 10.1. The maximum absolute atomic E-state index is 11.8. The van der Waals surface area contributed by atoms with Crippen LogP contribution >= 0.6 is 34.7 Å². The minimum Gasteiger partial charge on any atom is -0.491 e. The Hall–Kier alpha value is -1.17. The Kier molecular flexibility index (Phi) is 7.95. The Balaban J connectivity index is 1.61. The van der Waals surface area contributed by atoms with Crippen molar-refractivity contribution in [1.82, 2.24) is 5.32 Å². The van der Waals surface area contributed by atoms with Crippen LogP contribution in [-0.2, 0) is 17.0 Å². The second-order valence-corrected chi connectivity index (χ2v) is 8.39. The number of ether oxygens (including phenoxy) is 1. The van der Waals surface area contributed by atoms with E-state index < -0.39 is 0 Å². The predicted octanol–water partition coefficient (Wildman–Crippen LogP) is 4.78. The molecule has 0 bridgehead atoms. The van der Waals surface area contributed by atoms with Crippen LogP contribution in [0.15, 0.2) is 36.4 Å². The van der Waals surface area contributed by atoms with Crippen LogP contribution in [0, 0.1) is 0 Å². The van der Waals surface area contributed by atoms with E-state index in [9.17, 15) is 4.79 Å². The number of halogens is 1. The number of thioether (sulfide) groups is 1. The number of carbonyl (C=O) groups excluding carboxylic acids is 1. The summed E-state index contributed by atoms with van der Waals surface area (Å²) in [5.41, 5.74) is 1.19. The van der Waals surface area contributed by atoms with Crippen molar-refractivity contribution in [2.75, 3.05) is 12.3 Å². The van der Waals surface area contributed by atoms with E-state index in [0.29, 0.717) is 12.3 Å². The van der Waals surface area contributed by atoms with Gasteiger partial charge in [0.25, 0.3) is 0 Å². The van der Waals surface area contributed by atoms with Gasteiger partial charge in [-0.3, -0.25) is 4.79 Å². The van der Waals surface area contributed by atoms with Crippen molar-refractivity contribution in [3.8, 4) is 5.75 Å². The van der Waals surface area contributed by atoms with Crippen LogP contribution in [0.5, 0.6) is 5.75 Å². The van der Waals surface area contributed by atoms with Crippen molar-refractivity contribution in [1.29, 1.82) is 0 Å². The Labute approximate surface area is 156 Å². The second kappa shape index (κ2) is 9.97. The third-order valence-electron chi connectivity index (χ3n) is 3.14. The lowest BCUT2D eigenvalue weighted by Gasteiger charge is -2.10. The summed E-state index contributed by atoms with van der Waals surface area (Å²) >= 11 is 9.05. The summed E-state index contributed by atoms with van der Waals surface area (Å²) in [6.45, 7) is 4.66. The molecule has 0 aliphatic carbocycles. The third-order valence-corrected chi connectivity index (χ3v) is 5.53. The number of thiophene rings is 1. The molecule has 0 fully saturated rings. The topological polar surface area (TPSA) is 38.3 Å². The van der Waals surface area contributed by atoms with Crippen LogP contribution in [0.4, 0.5) is 0 Å². The molecule has 0 unspecified atom stereocenters. The summed E-state index contributed by atoms with van der Waals surface area (Å²) in [6, 6.07) is 11.9. The van der Waals surface area contributed by atoms with E-state index in [0.717, 1.165) is 22.3 Å². The SMILES string of the molecule is CC(C)Oc1ccc(CCNC(=O)CSCc2ccc(Cl)s2)cc1. The van der Waals surface area contributed by atoms with Gasteiger partial charge in [0.1, 0.15) is 5.75 Å². The summed E-state index contributed by atoms with van der Waals surface area (Å²) in [7, 11) is 0. The molecule has 0 aliphatic rings. The van der Waals surface area contributed by atoms with E-state index in [1.807, 2.05) is 50.2 Å². The van der Waals surface area contributed by atoms with Crippen molar-refractivity contribution in [3.63, 3.8) is 0 Å². The lowest BCUT2D eigenvalue weighted by Crippen LogP contribution is -2.27. The summed E-state index contributed by atoms with van der Waals surface area (Å²) < 4.78 is 6.41. The zero-order valence-electron chi connectivity index (χ0n) is 13.9. The van der Waals surface area contributed by atoms with Gasteiger partial charge in [0.2, 0.25) is 5.91 Å². The molecule has 0 saturated carbocycles. The summed E-state index contributed by atoms with van der Waals surface area (Å²) in [6.07, 6.45) is 0.997. The number of hydrogen-bond acceptors (Lipinski definition) is 4. The lowest BCUT2D eigenvalue weighted by molar-refractivity contribution is -0.118. The van der Waals surface area contributed by atoms with Gasteiger partial charge in [-0.05, 0) is 50.1 Å². The Morgan fingerprint density at radius 2 is 2.00 bits per heavy atom. The number of carbonyl (C=O) groups is 1. The van der Waals surface area contributed by atoms with Gasteiger partial charge in [-0.25, -0.2) is 0 Å². The highest BCUT2D eigenvalue weighted by molar-refractivity contribution is 7.99. The van der Waals surface area contributed by atoms with E-state index in [2.05, 4.69) is 5.32 Å². The van der Waals surface area contributed by atoms with E-state index >= 15 is 0 Å². The fraction of sp³-hybridized carbons (Fsp3) is 0.389. The number of rotatable bonds is 9. The second-order valence-electron chi connectivity index (χ2n) is 5.61. The number of hydrogen-bond donors (Lipinski definition) is 1. The molecule has 1 heterocycles. The molecule has 2 aromatic rings. The minimum absolute atomic E-state index is 0.0717. The predicted molar refractivity (Wildman–Crippen MR) is 104 cm³/mol. The van der Waals surface area contributed by atoms with Gasteiger partial charge in [-0.1, -0.05) is 23.7 Å². The number of nitrogens with one attached hydrogen (secondary N) is 1. The quantitative estimate of drug-likeness (QED) is 0.677. The van der Waals surface area contributed by atoms with Crippen molar-refractivity contribution in [2.24, 2.45) is 0 Å². The van der Waals surface area contributed by atoms with Gasteiger partial charge < -0.3 is 10.1 Å². The molecule has 1 aromatic heterocycles. The molecular formula is C18H22ClNO2S2. The normalized spacial score (nSPS) is 10.8. The largest absolute Gasteiger partial charge is 0.491 e. The first-order valence-electron chi connectivity index (χ1n) is 7.87. The number of amides is 1. The van der Waals surface area contributed by atoms with Crippen LogP contribution in [-0.4, -0.2) is 24.3 Å². The highest BCUT2D eigenvalue weighted by Gasteiger charge is 2.04. The van der Waals surface area contributed by atoms with Crippen LogP contribution in [0.25, 0.3) is 0 Å². The molecule has 0 radical (unpaired) electrons. The molecule has 6 heteroatoms. The molecule has 0 spiro atoms. The van der Waals surface area contributed by atoms with Gasteiger partial charge in [0.05, 0.1) is 16.2 Å². The first-order chi connectivity index (χ1) is 11.5. The minimum atomic E-state index is 0.0717. The zero-order valence-corrected chi connectivity index (χ0v) is 16.3. The van der Waals surface area contributed by atoms with Gasteiger partial charge in [0.15, 0.2) is 0 Å². The Morgan fingerprint density at radius 1 is 1.25 bits per heavy atom. The molecule has 1 N–H and O–H groups in total. The van der Waals surface area contributed by atoms with Crippen LogP contribution in [0.3, 0.4) is 0 Å². The molecule has 2 rings (SSSR count). The zero-order chi connectivity index (χ0) is 17.4. The Bertz CT molecular complexity index is 641. The monoisotopic (exact) mass is 383 g/mol. The van der Waals surface area contributed by atoms with Crippen molar-refractivity contribution in [2.45, 2.75) is 32.1 Å². The Morgan fingerprint density at radius 3 is 2.62 bits per heavy atom. The highest BCUT2D eigenvalue weighted by Crippen LogP contribution is 2.25. The first kappa shape index (κ1) is 19.2. The van der Waals surface area contributed by atoms with Crippen molar-refractivity contribution >= 4 is 40.6 Å². The van der Waals surface area contributed by atoms with Gasteiger partial charge in [-0.15, -0.1) is 23.1 Å². The molecule has 0 saturated heterocycles. The van der Waals surface area contributed by atoms with E-state index in [1.54, 1.807) is 23.1 Å². The summed E-state index contributed by atoms with van der Waals surface area (Å²) in [5, 5.41) is 2.96. The smallest absolute Gasteiger partial charge is 0.230 e. The third kappa shape index (κ3) is 7.16. The molecule has 24 heavy (non-hydrogen) atoms. The molecule has 3 nitrogen and oxygen atoms in total. The van der Waals surface area contributed by atoms with Crippen LogP contribution in [0.1, 0.15) is 24.3 Å². The molecule has 0 atom stereocenters. The average molecular weight is 384 g/mol. The van der Waals surface area contributed by atoms with Crippen molar-refractivity contribution < 1.29 is 9.53 Å². The van der Waals surface area contributed by atoms with E-state index in [4.69, 9.17) is 16.3 Å². The molecule has 130 valence electrons. The molecule has 0 aliphatic heterocycles. The van der Waals surface area contributed by atoms with Gasteiger partial charge in [-0.2, -0.15) is 0 Å². The first-order valence-corrected chi connectivity index (χ1v) is 10.2. The fourth-order valence-corrected chi connectivity index (χ4v) is 4.13. The summed E-state index contributed by atoms with van der Waals surface area (Å²) in [5.74, 6) is 2.24. The number of benzene rings is 1. The van der Waals surface area contributed by atoms with E-state index in [1.165, 1.54) is 10.4 Å². The fourth-order valence-electron chi connectivity index (χ4n) is 2.08. The van der Waals surface area contributed by atoms with Crippen LogP contribution < -0.4 is 10.1 Å². The van der Waals surface area contributed by atoms with E-state index in [-0.39, 0.29) is 12.0 Å². The van der Waals surface area contributed by atoms with Gasteiger partial charge >= 0.3 is 0 Å². The maximum atomic E-state index is 11.8. The van der Waals surface area contributed by atoms with Gasteiger partial charge in [0, 0.05) is 17.2 Å².